The van der Waals surface area contributed by atoms with Crippen molar-refractivity contribution in [1.29, 1.82) is 0 Å². The lowest BCUT2D eigenvalue weighted by Crippen LogP contribution is -2.27. The van der Waals surface area contributed by atoms with Crippen molar-refractivity contribution in [3.63, 3.8) is 0 Å². The van der Waals surface area contributed by atoms with Crippen LogP contribution in [0.5, 0.6) is 0 Å². The van der Waals surface area contributed by atoms with Crippen LogP contribution in [0.2, 0.25) is 0 Å². The van der Waals surface area contributed by atoms with Crippen LogP contribution in [-0.2, 0) is 9.53 Å². The molecule has 1 N–H and O–H groups in total. The van der Waals surface area contributed by atoms with E-state index in [2.05, 4.69) is 21.2 Å². The lowest BCUT2D eigenvalue weighted by Gasteiger charge is -2.19. The van der Waals surface area contributed by atoms with Crippen LogP contribution in [0.1, 0.15) is 32.4 Å². The number of hydrogen-bond acceptors (Lipinski definition) is 3. The fraction of sp³-hybridized carbons (Fsp3) is 0.462. The zero-order valence-corrected chi connectivity index (χ0v) is 11.7. The van der Waals surface area contributed by atoms with Gasteiger partial charge in [-0.1, -0.05) is 28.1 Å². The predicted molar refractivity (Wildman–Crippen MR) is 69.7 cm³/mol. The van der Waals surface area contributed by atoms with Crippen LogP contribution in [-0.4, -0.2) is 17.6 Å². The van der Waals surface area contributed by atoms with Crippen molar-refractivity contribution in [2.24, 2.45) is 0 Å². The predicted octanol–water partition coefficient (Wildman–Crippen LogP) is 2.80. The smallest absolute Gasteiger partial charge is 0.325 e. The minimum absolute atomic E-state index is 0.0855. The highest BCUT2D eigenvalue weighted by Crippen LogP contribution is 2.32. The number of benzene rings is 1. The van der Waals surface area contributed by atoms with Crippen LogP contribution in [0.15, 0.2) is 28.7 Å². The Morgan fingerprint density at radius 1 is 1.41 bits per heavy atom. The van der Waals surface area contributed by atoms with Gasteiger partial charge in [0, 0.05) is 4.47 Å². The van der Waals surface area contributed by atoms with Gasteiger partial charge in [0.2, 0.25) is 0 Å². The summed E-state index contributed by atoms with van der Waals surface area (Å²) in [5.41, 5.74) is 0.679. The first-order chi connectivity index (χ1) is 7.87. The minimum atomic E-state index is -0.427. The molecule has 2 rings (SSSR count). The van der Waals surface area contributed by atoms with E-state index < -0.39 is 5.60 Å². The third-order valence-corrected chi connectivity index (χ3v) is 2.95. The van der Waals surface area contributed by atoms with Crippen LogP contribution >= 0.6 is 15.9 Å². The number of esters is 1. The number of rotatable bonds is 2. The normalized spacial score (nSPS) is 23.3. The number of halogens is 1. The first kappa shape index (κ1) is 12.6. The lowest BCUT2D eigenvalue weighted by atomic mass is 10.1. The van der Waals surface area contributed by atoms with Gasteiger partial charge in [0.15, 0.2) is 0 Å². The number of hydrogen-bond donors (Lipinski definition) is 1. The van der Waals surface area contributed by atoms with Crippen LogP contribution in [0.3, 0.4) is 0 Å². The summed E-state index contributed by atoms with van der Waals surface area (Å²) in [6.07, 6.45) is 0. The fourth-order valence-corrected chi connectivity index (χ4v) is 2.11. The summed E-state index contributed by atoms with van der Waals surface area (Å²) in [5, 5.41) is 3.14. The summed E-state index contributed by atoms with van der Waals surface area (Å²) in [4.78, 5) is 11.8. The molecule has 17 heavy (non-hydrogen) atoms. The Labute approximate surface area is 110 Å². The van der Waals surface area contributed by atoms with E-state index in [1.807, 2.05) is 45.0 Å². The van der Waals surface area contributed by atoms with Crippen molar-refractivity contribution in [3.8, 4) is 0 Å². The second kappa shape index (κ2) is 4.42. The third kappa shape index (κ3) is 3.30. The third-order valence-electron chi connectivity index (χ3n) is 2.45. The van der Waals surface area contributed by atoms with Gasteiger partial charge in [0.05, 0.1) is 6.04 Å². The first-order valence-electron chi connectivity index (χ1n) is 5.61. The molecule has 3 nitrogen and oxygen atoms in total. The summed E-state index contributed by atoms with van der Waals surface area (Å²) in [5.74, 6) is -0.178. The van der Waals surface area contributed by atoms with E-state index in [0.717, 1.165) is 10.0 Å². The van der Waals surface area contributed by atoms with E-state index in [1.165, 1.54) is 0 Å². The zero-order valence-electron chi connectivity index (χ0n) is 10.2. The molecular formula is C13H16BrNO2. The maximum atomic E-state index is 11.8. The van der Waals surface area contributed by atoms with Gasteiger partial charge >= 0.3 is 5.97 Å². The second-order valence-electron chi connectivity index (χ2n) is 5.21. The fourth-order valence-electron chi connectivity index (χ4n) is 1.70. The van der Waals surface area contributed by atoms with E-state index in [1.54, 1.807) is 0 Å². The molecule has 0 spiro atoms. The van der Waals surface area contributed by atoms with E-state index in [4.69, 9.17) is 4.74 Å². The zero-order chi connectivity index (χ0) is 12.6. The summed E-state index contributed by atoms with van der Waals surface area (Å²) < 4.78 is 6.35. The van der Waals surface area contributed by atoms with Gasteiger partial charge < -0.3 is 4.74 Å². The Morgan fingerprint density at radius 3 is 2.71 bits per heavy atom. The van der Waals surface area contributed by atoms with E-state index in [0.29, 0.717) is 0 Å². The Bertz CT molecular complexity index is 439. The summed E-state index contributed by atoms with van der Waals surface area (Å²) in [6, 6.07) is 7.83. The van der Waals surface area contributed by atoms with Gasteiger partial charge in [-0.2, -0.15) is 0 Å². The lowest BCUT2D eigenvalue weighted by molar-refractivity contribution is -0.154. The van der Waals surface area contributed by atoms with E-state index in [-0.39, 0.29) is 18.1 Å². The van der Waals surface area contributed by atoms with Crippen molar-refractivity contribution < 1.29 is 9.53 Å². The van der Waals surface area contributed by atoms with Crippen molar-refractivity contribution in [2.45, 2.75) is 38.5 Å². The molecular weight excluding hydrogens is 282 g/mol. The quantitative estimate of drug-likeness (QED) is 0.674. The van der Waals surface area contributed by atoms with Crippen molar-refractivity contribution in [1.82, 2.24) is 5.32 Å². The Kier molecular flexibility index (Phi) is 3.27. The average molecular weight is 298 g/mol. The van der Waals surface area contributed by atoms with Crippen LogP contribution in [0.25, 0.3) is 0 Å². The highest BCUT2D eigenvalue weighted by Gasteiger charge is 2.45. The molecule has 4 heteroatoms. The monoisotopic (exact) mass is 297 g/mol. The molecule has 1 aromatic rings. The van der Waals surface area contributed by atoms with Gasteiger partial charge in [-0.05, 0) is 38.5 Å². The summed E-state index contributed by atoms with van der Waals surface area (Å²) in [7, 11) is 0. The molecule has 0 amide bonds. The van der Waals surface area contributed by atoms with Crippen LogP contribution in [0.4, 0.5) is 0 Å². The van der Waals surface area contributed by atoms with Crippen LogP contribution < -0.4 is 5.32 Å². The van der Waals surface area contributed by atoms with E-state index in [9.17, 15) is 4.79 Å². The number of nitrogens with one attached hydrogen (secondary N) is 1. The van der Waals surface area contributed by atoms with E-state index >= 15 is 0 Å². The summed E-state index contributed by atoms with van der Waals surface area (Å²) >= 11 is 3.42. The average Bonchev–Trinajstić information content (AvgIpc) is 2.94. The second-order valence-corrected chi connectivity index (χ2v) is 6.13. The minimum Gasteiger partial charge on any atom is -0.459 e. The molecule has 1 aliphatic rings. The topological polar surface area (TPSA) is 48.2 Å². The molecule has 1 aliphatic heterocycles. The molecule has 0 bridgehead atoms. The van der Waals surface area contributed by atoms with Crippen LogP contribution in [0, 0.1) is 0 Å². The molecule has 1 aromatic carbocycles. The molecule has 0 saturated carbocycles. The number of carbonyl (C=O) groups is 1. The molecule has 0 aliphatic carbocycles. The van der Waals surface area contributed by atoms with Gasteiger partial charge in [-0.3, -0.25) is 10.1 Å². The first-order valence-corrected chi connectivity index (χ1v) is 6.40. The summed E-state index contributed by atoms with van der Waals surface area (Å²) in [6.45, 7) is 5.63. The Morgan fingerprint density at radius 2 is 2.12 bits per heavy atom. The van der Waals surface area contributed by atoms with Gasteiger partial charge in [-0.25, -0.2) is 0 Å². The molecule has 1 saturated heterocycles. The molecule has 0 radical (unpaired) electrons. The standard InChI is InChI=1S/C13H16BrNO2/c1-13(2,3)17-12(16)11-10(15-11)8-5-4-6-9(14)7-8/h4-7,10-11,15H,1-3H3/t10-,11-/m0/s1. The molecule has 2 atom stereocenters. The maximum absolute atomic E-state index is 11.8. The van der Waals surface area contributed by atoms with Crippen molar-refractivity contribution in [2.75, 3.05) is 0 Å². The van der Waals surface area contributed by atoms with Crippen molar-refractivity contribution in [3.05, 3.63) is 34.3 Å². The van der Waals surface area contributed by atoms with Gasteiger partial charge in [-0.15, -0.1) is 0 Å². The molecule has 0 aromatic heterocycles. The highest BCUT2D eigenvalue weighted by atomic mass is 79.9. The largest absolute Gasteiger partial charge is 0.459 e. The Hall–Kier alpha value is -0.870. The highest BCUT2D eigenvalue weighted by molar-refractivity contribution is 9.10. The number of carbonyl (C=O) groups excluding carboxylic acids is 1. The SMILES string of the molecule is CC(C)(C)OC(=O)[C@H]1N[C@H]1c1cccc(Br)c1. The van der Waals surface area contributed by atoms with Gasteiger partial charge in [0.25, 0.3) is 0 Å². The molecule has 1 heterocycles. The van der Waals surface area contributed by atoms with Gasteiger partial charge in [0.1, 0.15) is 11.6 Å². The van der Waals surface area contributed by atoms with Crippen molar-refractivity contribution >= 4 is 21.9 Å². The molecule has 0 unspecified atom stereocenters. The molecule has 1 fully saturated rings. The Balaban J connectivity index is 1.99. The maximum Gasteiger partial charge on any atom is 0.325 e. The molecule has 92 valence electrons. The number of ether oxygens (including phenoxy) is 1.